The number of rotatable bonds is 6. The lowest BCUT2D eigenvalue weighted by atomic mass is 10.2. The van der Waals surface area contributed by atoms with Crippen LogP contribution in [0.25, 0.3) is 0 Å². The number of benzene rings is 1. The lowest BCUT2D eigenvalue weighted by Crippen LogP contribution is -2.29. The summed E-state index contributed by atoms with van der Waals surface area (Å²) in [5.41, 5.74) is 0. The molecule has 1 aromatic rings. The van der Waals surface area contributed by atoms with Crippen molar-refractivity contribution in [2.45, 2.75) is 43.9 Å². The summed E-state index contributed by atoms with van der Waals surface area (Å²) in [5.74, 6) is -0.0549. The molecule has 2 unspecified atom stereocenters. The molecule has 5 heteroatoms. The highest BCUT2D eigenvalue weighted by atomic mass is 79.9. The van der Waals surface area contributed by atoms with Crippen LogP contribution in [0.15, 0.2) is 22.7 Å². The van der Waals surface area contributed by atoms with E-state index in [0.29, 0.717) is 12.6 Å². The maximum Gasteiger partial charge on any atom is 0.165 e. The Hall–Kier alpha value is -0.650. The van der Waals surface area contributed by atoms with Gasteiger partial charge in [-0.15, -0.1) is 0 Å². The molecule has 0 aromatic heterocycles. The fraction of sp³-hybridized carbons (Fsp3) is 0.600. The first-order valence-electron chi connectivity index (χ1n) is 7.17. The molecule has 1 aliphatic heterocycles. The summed E-state index contributed by atoms with van der Waals surface area (Å²) in [6.45, 7) is 1.33. The molecule has 110 valence electrons. The van der Waals surface area contributed by atoms with Gasteiger partial charge in [0.15, 0.2) is 11.6 Å². The van der Waals surface area contributed by atoms with Gasteiger partial charge in [-0.25, -0.2) is 4.39 Å². The van der Waals surface area contributed by atoms with Gasteiger partial charge >= 0.3 is 0 Å². The third-order valence-electron chi connectivity index (χ3n) is 3.73. The number of hydrogen-bond donors (Lipinski definition) is 1. The highest BCUT2D eigenvalue weighted by Gasteiger charge is 2.28. The molecule has 1 aromatic carbocycles. The molecule has 20 heavy (non-hydrogen) atoms. The van der Waals surface area contributed by atoms with Crippen molar-refractivity contribution in [3.05, 3.63) is 28.5 Å². The van der Waals surface area contributed by atoms with Gasteiger partial charge in [0.05, 0.1) is 12.2 Å². The molecule has 1 heterocycles. The number of nitrogens with one attached hydrogen (secondary N) is 1. The average Bonchev–Trinajstić information content (AvgIpc) is 3.16. The van der Waals surface area contributed by atoms with Gasteiger partial charge in [-0.1, -0.05) is 15.9 Å². The molecule has 0 radical (unpaired) electrons. The van der Waals surface area contributed by atoms with Crippen LogP contribution >= 0.6 is 15.9 Å². The van der Waals surface area contributed by atoms with E-state index in [1.165, 1.54) is 18.9 Å². The SMILES string of the molecule is Fc1ccc(Br)cc1OCC1CCC(CNC2CC2)O1. The Morgan fingerprint density at radius 3 is 2.85 bits per heavy atom. The van der Waals surface area contributed by atoms with Crippen LogP contribution in [-0.4, -0.2) is 31.4 Å². The van der Waals surface area contributed by atoms with E-state index < -0.39 is 0 Å². The van der Waals surface area contributed by atoms with Gasteiger partial charge in [-0.2, -0.15) is 0 Å². The summed E-state index contributed by atoms with van der Waals surface area (Å²) in [4.78, 5) is 0. The molecule has 3 nitrogen and oxygen atoms in total. The van der Waals surface area contributed by atoms with Crippen molar-refractivity contribution in [2.75, 3.05) is 13.2 Å². The number of halogens is 2. The summed E-state index contributed by atoms with van der Waals surface area (Å²) in [6.07, 6.45) is 4.96. The van der Waals surface area contributed by atoms with Gasteiger partial charge in [0.25, 0.3) is 0 Å². The van der Waals surface area contributed by atoms with E-state index in [1.54, 1.807) is 12.1 Å². The van der Waals surface area contributed by atoms with Crippen LogP contribution in [0.5, 0.6) is 5.75 Å². The van der Waals surface area contributed by atoms with Gasteiger partial charge in [0.1, 0.15) is 6.61 Å². The molecule has 0 bridgehead atoms. The van der Waals surface area contributed by atoms with Crippen molar-refractivity contribution in [1.29, 1.82) is 0 Å². The predicted molar refractivity (Wildman–Crippen MR) is 78.5 cm³/mol. The third kappa shape index (κ3) is 3.93. The summed E-state index contributed by atoms with van der Waals surface area (Å²) in [6, 6.07) is 5.42. The fourth-order valence-corrected chi connectivity index (χ4v) is 2.75. The Bertz CT molecular complexity index is 467. The van der Waals surface area contributed by atoms with Crippen molar-refractivity contribution >= 4 is 15.9 Å². The zero-order chi connectivity index (χ0) is 13.9. The average molecular weight is 344 g/mol. The van der Waals surface area contributed by atoms with Crippen molar-refractivity contribution in [3.63, 3.8) is 0 Å². The van der Waals surface area contributed by atoms with Crippen LogP contribution in [0.3, 0.4) is 0 Å². The van der Waals surface area contributed by atoms with Crippen LogP contribution in [0.1, 0.15) is 25.7 Å². The van der Waals surface area contributed by atoms with Crippen molar-refractivity contribution in [1.82, 2.24) is 5.32 Å². The summed E-state index contributed by atoms with van der Waals surface area (Å²) in [5, 5.41) is 3.48. The van der Waals surface area contributed by atoms with Crippen LogP contribution in [-0.2, 0) is 4.74 Å². The van der Waals surface area contributed by atoms with Crippen molar-refractivity contribution in [2.24, 2.45) is 0 Å². The number of hydrogen-bond acceptors (Lipinski definition) is 3. The first kappa shape index (κ1) is 14.3. The molecule has 1 N–H and O–H groups in total. The minimum Gasteiger partial charge on any atom is -0.488 e. The van der Waals surface area contributed by atoms with Crippen LogP contribution in [0, 0.1) is 5.82 Å². The van der Waals surface area contributed by atoms with Gasteiger partial charge in [-0.05, 0) is 43.9 Å². The Labute approximate surface area is 127 Å². The molecule has 1 saturated heterocycles. The molecule has 3 rings (SSSR count). The van der Waals surface area contributed by atoms with Gasteiger partial charge in [-0.3, -0.25) is 0 Å². The lowest BCUT2D eigenvalue weighted by molar-refractivity contribution is 0.0176. The smallest absolute Gasteiger partial charge is 0.165 e. The van der Waals surface area contributed by atoms with Gasteiger partial charge < -0.3 is 14.8 Å². The van der Waals surface area contributed by atoms with Gasteiger partial charge in [0, 0.05) is 17.1 Å². The second-order valence-electron chi connectivity index (χ2n) is 5.53. The standard InChI is InChI=1S/C15H19BrFNO2/c16-10-1-6-14(17)15(7-10)19-9-13-5-4-12(20-13)8-18-11-2-3-11/h1,6-7,11-13,18H,2-5,8-9H2. The van der Waals surface area contributed by atoms with E-state index in [4.69, 9.17) is 9.47 Å². The maximum absolute atomic E-state index is 13.5. The monoisotopic (exact) mass is 343 g/mol. The normalized spacial score (nSPS) is 25.9. The summed E-state index contributed by atoms with van der Waals surface area (Å²) in [7, 11) is 0. The molecule has 0 spiro atoms. The topological polar surface area (TPSA) is 30.5 Å². The molecular formula is C15H19BrFNO2. The minimum absolute atomic E-state index is 0.0689. The first-order valence-corrected chi connectivity index (χ1v) is 7.96. The van der Waals surface area contributed by atoms with Crippen molar-refractivity contribution < 1.29 is 13.9 Å². The molecule has 1 aliphatic carbocycles. The van der Waals surface area contributed by atoms with E-state index in [0.717, 1.165) is 23.9 Å². The van der Waals surface area contributed by atoms with Gasteiger partial charge in [0.2, 0.25) is 0 Å². The molecule has 2 fully saturated rings. The molecule has 1 saturated carbocycles. The third-order valence-corrected chi connectivity index (χ3v) is 4.22. The fourth-order valence-electron chi connectivity index (χ4n) is 2.41. The van der Waals surface area contributed by atoms with Crippen LogP contribution in [0.2, 0.25) is 0 Å². The zero-order valence-electron chi connectivity index (χ0n) is 11.3. The van der Waals surface area contributed by atoms with Crippen LogP contribution < -0.4 is 10.1 Å². The summed E-state index contributed by atoms with van der Waals surface area (Å²) < 4.78 is 25.8. The second-order valence-corrected chi connectivity index (χ2v) is 6.44. The van der Waals surface area contributed by atoms with E-state index >= 15 is 0 Å². The highest BCUT2D eigenvalue weighted by Crippen LogP contribution is 2.25. The van der Waals surface area contributed by atoms with E-state index in [-0.39, 0.29) is 23.8 Å². The maximum atomic E-state index is 13.5. The van der Waals surface area contributed by atoms with E-state index in [2.05, 4.69) is 21.2 Å². The predicted octanol–water partition coefficient (Wildman–Crippen LogP) is 3.27. The van der Waals surface area contributed by atoms with Crippen LogP contribution in [0.4, 0.5) is 4.39 Å². The lowest BCUT2D eigenvalue weighted by Gasteiger charge is -2.15. The van der Waals surface area contributed by atoms with E-state index in [1.807, 2.05) is 0 Å². The quantitative estimate of drug-likeness (QED) is 0.859. The highest BCUT2D eigenvalue weighted by molar-refractivity contribution is 9.10. The number of ether oxygens (including phenoxy) is 2. The Balaban J connectivity index is 1.43. The molecule has 0 amide bonds. The second kappa shape index (κ2) is 6.41. The summed E-state index contributed by atoms with van der Waals surface area (Å²) >= 11 is 3.31. The van der Waals surface area contributed by atoms with E-state index in [9.17, 15) is 4.39 Å². The first-order chi connectivity index (χ1) is 9.70. The Kier molecular flexibility index (Phi) is 4.58. The molecule has 2 atom stereocenters. The molecule has 2 aliphatic rings. The minimum atomic E-state index is -0.335. The Morgan fingerprint density at radius 2 is 2.05 bits per heavy atom. The Morgan fingerprint density at radius 1 is 1.25 bits per heavy atom. The zero-order valence-corrected chi connectivity index (χ0v) is 12.9. The van der Waals surface area contributed by atoms with Crippen molar-refractivity contribution in [3.8, 4) is 5.75 Å². The largest absolute Gasteiger partial charge is 0.488 e. The molecular weight excluding hydrogens is 325 g/mol.